The van der Waals surface area contributed by atoms with Crippen molar-refractivity contribution in [3.05, 3.63) is 45.2 Å². The van der Waals surface area contributed by atoms with E-state index in [9.17, 15) is 9.90 Å². The van der Waals surface area contributed by atoms with Gasteiger partial charge in [-0.2, -0.15) is 0 Å². The Bertz CT molecular complexity index is 1020. The smallest absolute Gasteiger partial charge is 0.264 e. The quantitative estimate of drug-likeness (QED) is 0.737. The lowest BCUT2D eigenvalue weighted by molar-refractivity contribution is 0.482. The Labute approximate surface area is 144 Å². The molecule has 0 unspecified atom stereocenters. The lowest BCUT2D eigenvalue weighted by atomic mass is 10.0. The van der Waals surface area contributed by atoms with E-state index in [0.717, 1.165) is 10.6 Å². The van der Waals surface area contributed by atoms with Gasteiger partial charge in [-0.15, -0.1) is 17.8 Å². The number of aryl methyl sites for hydroxylation is 1. The summed E-state index contributed by atoms with van der Waals surface area (Å²) >= 11 is 1.41. The van der Waals surface area contributed by atoms with E-state index in [1.54, 1.807) is 0 Å². The lowest BCUT2D eigenvalue weighted by Gasteiger charge is -2.11. The summed E-state index contributed by atoms with van der Waals surface area (Å²) < 4.78 is 2.07. The van der Waals surface area contributed by atoms with Crippen molar-refractivity contribution in [1.82, 2.24) is 9.55 Å². The van der Waals surface area contributed by atoms with Crippen LogP contribution < -0.4 is 5.56 Å². The first-order valence-electron chi connectivity index (χ1n) is 7.71. The molecular weight excluding hydrogens is 320 g/mol. The Balaban J connectivity index is 2.45. The van der Waals surface area contributed by atoms with Crippen molar-refractivity contribution in [2.75, 3.05) is 0 Å². The van der Waals surface area contributed by atoms with Crippen molar-refractivity contribution in [1.29, 1.82) is 0 Å². The predicted octanol–water partition coefficient (Wildman–Crippen LogP) is 3.90. The highest BCUT2D eigenvalue weighted by molar-refractivity contribution is 7.19. The van der Waals surface area contributed by atoms with Gasteiger partial charge in [0.2, 0.25) is 0 Å². The lowest BCUT2D eigenvalue weighted by Crippen LogP contribution is -2.22. The number of nitrogens with zero attached hydrogens (tertiary/aromatic N) is 2. The Kier molecular flexibility index (Phi) is 4.16. The van der Waals surface area contributed by atoms with Crippen LogP contribution in [0.4, 0.5) is 0 Å². The van der Waals surface area contributed by atoms with Crippen molar-refractivity contribution < 1.29 is 5.11 Å². The molecule has 24 heavy (non-hydrogen) atoms. The SMILES string of the molecule is C#CCn1c(=O)c(-c2ccccc2C)c(O)c2sc(C(C)C)nc21. The van der Waals surface area contributed by atoms with E-state index in [0.29, 0.717) is 15.9 Å². The van der Waals surface area contributed by atoms with Crippen LogP contribution in [-0.4, -0.2) is 14.7 Å². The first kappa shape index (κ1) is 16.3. The van der Waals surface area contributed by atoms with Gasteiger partial charge in [-0.25, -0.2) is 4.98 Å². The normalized spacial score (nSPS) is 11.1. The van der Waals surface area contributed by atoms with E-state index in [1.807, 2.05) is 45.0 Å². The number of fused-ring (bicyclic) bond motifs is 1. The second kappa shape index (κ2) is 6.14. The first-order valence-corrected chi connectivity index (χ1v) is 8.53. The Morgan fingerprint density at radius 3 is 2.71 bits per heavy atom. The number of aromatic nitrogens is 2. The van der Waals surface area contributed by atoms with E-state index >= 15 is 0 Å². The van der Waals surface area contributed by atoms with E-state index in [-0.39, 0.29) is 29.3 Å². The van der Waals surface area contributed by atoms with Crippen LogP contribution in [0.2, 0.25) is 0 Å². The molecule has 0 radical (unpaired) electrons. The van der Waals surface area contributed by atoms with Crippen LogP contribution in [-0.2, 0) is 6.54 Å². The summed E-state index contributed by atoms with van der Waals surface area (Å²) in [7, 11) is 0. The number of thiazole rings is 1. The monoisotopic (exact) mass is 338 g/mol. The maximum atomic E-state index is 13.0. The molecule has 0 amide bonds. The largest absolute Gasteiger partial charge is 0.505 e. The minimum atomic E-state index is -0.312. The fourth-order valence-corrected chi connectivity index (χ4v) is 3.72. The van der Waals surface area contributed by atoms with Crippen LogP contribution in [0.1, 0.15) is 30.3 Å². The number of hydrogen-bond donors (Lipinski definition) is 1. The zero-order chi connectivity index (χ0) is 17.4. The summed E-state index contributed by atoms with van der Waals surface area (Å²) in [6.45, 7) is 6.09. The Morgan fingerprint density at radius 2 is 2.08 bits per heavy atom. The summed E-state index contributed by atoms with van der Waals surface area (Å²) in [5, 5.41) is 11.7. The fraction of sp³-hybridized carbons (Fsp3) is 0.263. The molecule has 2 heterocycles. The minimum absolute atomic E-state index is 0.0121. The van der Waals surface area contributed by atoms with Gasteiger partial charge in [-0.1, -0.05) is 44.0 Å². The molecule has 3 rings (SSSR count). The van der Waals surface area contributed by atoms with Crippen LogP contribution in [0.5, 0.6) is 5.75 Å². The maximum Gasteiger partial charge on any atom is 0.264 e. The molecule has 1 aromatic carbocycles. The van der Waals surface area contributed by atoms with Gasteiger partial charge in [-0.05, 0) is 18.1 Å². The summed E-state index contributed by atoms with van der Waals surface area (Å²) in [6, 6.07) is 7.50. The van der Waals surface area contributed by atoms with E-state index in [1.165, 1.54) is 15.9 Å². The molecule has 0 aliphatic carbocycles. The van der Waals surface area contributed by atoms with Gasteiger partial charge in [0.15, 0.2) is 5.65 Å². The highest BCUT2D eigenvalue weighted by Crippen LogP contribution is 2.38. The molecule has 0 saturated carbocycles. The topological polar surface area (TPSA) is 55.1 Å². The minimum Gasteiger partial charge on any atom is -0.505 e. The number of hydrogen-bond acceptors (Lipinski definition) is 4. The van der Waals surface area contributed by atoms with Gasteiger partial charge in [0.25, 0.3) is 5.56 Å². The molecule has 0 fully saturated rings. The molecule has 2 aromatic heterocycles. The molecule has 0 saturated heterocycles. The third kappa shape index (κ3) is 2.49. The molecule has 122 valence electrons. The van der Waals surface area contributed by atoms with Gasteiger partial charge in [0.05, 0.1) is 17.1 Å². The fourth-order valence-electron chi connectivity index (χ4n) is 2.69. The van der Waals surface area contributed by atoms with Crippen LogP contribution in [0.15, 0.2) is 29.1 Å². The highest BCUT2D eigenvalue weighted by Gasteiger charge is 2.22. The summed E-state index contributed by atoms with van der Waals surface area (Å²) in [4.78, 5) is 17.5. The summed E-state index contributed by atoms with van der Waals surface area (Å²) in [5.74, 6) is 2.71. The van der Waals surface area contributed by atoms with Gasteiger partial charge in [0.1, 0.15) is 10.4 Å². The first-order chi connectivity index (χ1) is 11.5. The number of aromatic hydroxyl groups is 1. The second-order valence-electron chi connectivity index (χ2n) is 5.99. The van der Waals surface area contributed by atoms with E-state index in [2.05, 4.69) is 10.9 Å². The van der Waals surface area contributed by atoms with Crippen molar-refractivity contribution in [2.24, 2.45) is 0 Å². The summed E-state index contributed by atoms with van der Waals surface area (Å²) in [5.41, 5.74) is 2.07. The van der Waals surface area contributed by atoms with E-state index in [4.69, 9.17) is 6.42 Å². The molecular formula is C19H18N2O2S. The van der Waals surface area contributed by atoms with Gasteiger partial charge >= 0.3 is 0 Å². The van der Waals surface area contributed by atoms with Gasteiger partial charge < -0.3 is 5.11 Å². The third-order valence-corrected chi connectivity index (χ3v) is 5.30. The van der Waals surface area contributed by atoms with Crippen LogP contribution in [0, 0.1) is 19.3 Å². The van der Waals surface area contributed by atoms with Crippen molar-refractivity contribution in [3.8, 4) is 29.2 Å². The second-order valence-corrected chi connectivity index (χ2v) is 7.02. The zero-order valence-electron chi connectivity index (χ0n) is 13.8. The van der Waals surface area contributed by atoms with Crippen LogP contribution in [0.3, 0.4) is 0 Å². The zero-order valence-corrected chi connectivity index (χ0v) is 14.6. The Morgan fingerprint density at radius 1 is 1.38 bits per heavy atom. The number of rotatable bonds is 3. The van der Waals surface area contributed by atoms with Crippen molar-refractivity contribution in [3.63, 3.8) is 0 Å². The number of benzene rings is 1. The van der Waals surface area contributed by atoms with Crippen LogP contribution >= 0.6 is 11.3 Å². The molecule has 0 spiro atoms. The average molecular weight is 338 g/mol. The van der Waals surface area contributed by atoms with Gasteiger partial charge in [-0.3, -0.25) is 9.36 Å². The molecule has 0 bridgehead atoms. The molecule has 0 aliphatic heterocycles. The number of pyridine rings is 1. The average Bonchev–Trinajstić information content (AvgIpc) is 2.99. The van der Waals surface area contributed by atoms with Gasteiger partial charge in [0, 0.05) is 5.92 Å². The van der Waals surface area contributed by atoms with Crippen molar-refractivity contribution >= 4 is 21.7 Å². The standard InChI is InChI=1S/C19H18N2O2S/c1-5-10-21-17-16(24-18(20-17)11(2)3)15(22)14(19(21)23)13-9-7-6-8-12(13)4/h1,6-9,11,22H,10H2,2-4H3. The molecule has 4 nitrogen and oxygen atoms in total. The summed E-state index contributed by atoms with van der Waals surface area (Å²) in [6.07, 6.45) is 5.45. The Hall–Kier alpha value is -2.58. The molecule has 1 N–H and O–H groups in total. The number of terminal acetylenes is 1. The van der Waals surface area contributed by atoms with Crippen LogP contribution in [0.25, 0.3) is 21.5 Å². The molecule has 0 aliphatic rings. The predicted molar refractivity (Wildman–Crippen MR) is 98.6 cm³/mol. The third-order valence-electron chi connectivity index (χ3n) is 3.95. The highest BCUT2D eigenvalue weighted by atomic mass is 32.1. The maximum absolute atomic E-state index is 13.0. The molecule has 5 heteroatoms. The molecule has 3 aromatic rings. The van der Waals surface area contributed by atoms with E-state index < -0.39 is 0 Å². The van der Waals surface area contributed by atoms with Crippen molar-refractivity contribution in [2.45, 2.75) is 33.2 Å². The molecule has 0 atom stereocenters.